The van der Waals surface area contributed by atoms with E-state index in [-0.39, 0.29) is 17.6 Å². The summed E-state index contributed by atoms with van der Waals surface area (Å²) in [7, 11) is 0. The third kappa shape index (κ3) is 2.51. The molecular weight excluding hydrogens is 236 g/mol. The molecule has 18 heavy (non-hydrogen) atoms. The van der Waals surface area contributed by atoms with Crippen LogP contribution in [0.2, 0.25) is 0 Å². The van der Waals surface area contributed by atoms with Gasteiger partial charge in [0.25, 0.3) is 5.69 Å². The standard InChI is InChI=1S/C11H12N4O3/c1-7(12)6-10-13-11(14-18-10)8-4-2-3-5-9(8)15(16)17/h2-5,7H,6,12H2,1H3. The number of para-hydroxylation sites is 1. The fourth-order valence-corrected chi connectivity index (χ4v) is 1.54. The number of nitrogens with zero attached hydrogens (tertiary/aromatic N) is 3. The van der Waals surface area contributed by atoms with Gasteiger partial charge in [0.2, 0.25) is 11.7 Å². The van der Waals surface area contributed by atoms with Gasteiger partial charge >= 0.3 is 0 Å². The fraction of sp³-hybridized carbons (Fsp3) is 0.273. The number of nitro groups is 1. The lowest BCUT2D eigenvalue weighted by Crippen LogP contribution is -2.17. The Hall–Kier alpha value is -2.28. The van der Waals surface area contributed by atoms with E-state index in [0.717, 1.165) is 0 Å². The lowest BCUT2D eigenvalue weighted by atomic mass is 10.1. The second-order valence-electron chi connectivity index (χ2n) is 3.97. The van der Waals surface area contributed by atoms with Gasteiger partial charge < -0.3 is 10.3 Å². The Morgan fingerprint density at radius 1 is 1.50 bits per heavy atom. The van der Waals surface area contributed by atoms with E-state index in [2.05, 4.69) is 10.1 Å². The lowest BCUT2D eigenvalue weighted by molar-refractivity contribution is -0.384. The van der Waals surface area contributed by atoms with Crippen LogP contribution in [0.4, 0.5) is 5.69 Å². The van der Waals surface area contributed by atoms with Crippen LogP contribution >= 0.6 is 0 Å². The Kier molecular flexibility index (Phi) is 3.33. The highest BCUT2D eigenvalue weighted by molar-refractivity contribution is 5.67. The van der Waals surface area contributed by atoms with Crippen LogP contribution in [-0.4, -0.2) is 21.1 Å². The molecule has 2 rings (SSSR count). The Balaban J connectivity index is 2.37. The Morgan fingerprint density at radius 2 is 2.22 bits per heavy atom. The molecule has 0 spiro atoms. The van der Waals surface area contributed by atoms with Crippen LogP contribution in [0.3, 0.4) is 0 Å². The molecule has 1 atom stereocenters. The van der Waals surface area contributed by atoms with Crippen molar-refractivity contribution in [1.82, 2.24) is 10.1 Å². The molecule has 2 N–H and O–H groups in total. The third-order valence-corrected chi connectivity index (χ3v) is 2.31. The first-order chi connectivity index (χ1) is 8.58. The molecule has 7 heteroatoms. The van der Waals surface area contributed by atoms with Crippen molar-refractivity contribution in [2.24, 2.45) is 5.73 Å². The van der Waals surface area contributed by atoms with Crippen LogP contribution in [0.15, 0.2) is 28.8 Å². The highest BCUT2D eigenvalue weighted by atomic mass is 16.6. The van der Waals surface area contributed by atoms with Crippen molar-refractivity contribution in [2.45, 2.75) is 19.4 Å². The highest BCUT2D eigenvalue weighted by Gasteiger charge is 2.19. The van der Waals surface area contributed by atoms with Crippen LogP contribution in [0, 0.1) is 10.1 Å². The Morgan fingerprint density at radius 3 is 2.89 bits per heavy atom. The summed E-state index contributed by atoms with van der Waals surface area (Å²) in [6, 6.07) is 6.15. The van der Waals surface area contributed by atoms with Crippen molar-refractivity contribution in [1.29, 1.82) is 0 Å². The molecule has 94 valence electrons. The molecule has 0 aliphatic heterocycles. The second kappa shape index (κ2) is 4.92. The van der Waals surface area contributed by atoms with Gasteiger partial charge in [0, 0.05) is 18.5 Å². The summed E-state index contributed by atoms with van der Waals surface area (Å²) >= 11 is 0. The molecule has 0 bridgehead atoms. The molecule has 0 saturated heterocycles. The van der Waals surface area contributed by atoms with Gasteiger partial charge in [0.05, 0.1) is 4.92 Å². The van der Waals surface area contributed by atoms with Gasteiger partial charge in [-0.15, -0.1) is 0 Å². The maximum absolute atomic E-state index is 10.9. The van der Waals surface area contributed by atoms with Crippen molar-refractivity contribution in [3.8, 4) is 11.4 Å². The minimum atomic E-state index is -0.475. The molecule has 0 saturated carbocycles. The molecule has 0 fully saturated rings. The molecule has 1 aromatic heterocycles. The van der Waals surface area contributed by atoms with Crippen molar-refractivity contribution in [3.63, 3.8) is 0 Å². The molecule has 0 radical (unpaired) electrons. The summed E-state index contributed by atoms with van der Waals surface area (Å²) in [5.74, 6) is 0.580. The molecule has 1 unspecified atom stereocenters. The van der Waals surface area contributed by atoms with E-state index in [4.69, 9.17) is 10.3 Å². The molecule has 1 heterocycles. The molecule has 2 aromatic rings. The average Bonchev–Trinajstić information content (AvgIpc) is 2.76. The smallest absolute Gasteiger partial charge is 0.280 e. The largest absolute Gasteiger partial charge is 0.339 e. The topological polar surface area (TPSA) is 108 Å². The van der Waals surface area contributed by atoms with E-state index in [1.807, 2.05) is 6.92 Å². The van der Waals surface area contributed by atoms with Gasteiger partial charge in [-0.3, -0.25) is 10.1 Å². The maximum Gasteiger partial charge on any atom is 0.280 e. The number of nitro benzene ring substituents is 1. The van der Waals surface area contributed by atoms with Gasteiger partial charge in [0.1, 0.15) is 5.56 Å². The average molecular weight is 248 g/mol. The molecule has 0 amide bonds. The predicted molar refractivity (Wildman–Crippen MR) is 63.7 cm³/mol. The van der Waals surface area contributed by atoms with Crippen molar-refractivity contribution < 1.29 is 9.45 Å². The van der Waals surface area contributed by atoms with Gasteiger partial charge in [-0.05, 0) is 13.0 Å². The first-order valence-electron chi connectivity index (χ1n) is 5.40. The first kappa shape index (κ1) is 12.2. The van der Waals surface area contributed by atoms with Gasteiger partial charge in [-0.2, -0.15) is 4.98 Å². The highest BCUT2D eigenvalue weighted by Crippen LogP contribution is 2.27. The summed E-state index contributed by atoms with van der Waals surface area (Å²) in [6.07, 6.45) is 0.438. The second-order valence-corrected chi connectivity index (χ2v) is 3.97. The van der Waals surface area contributed by atoms with E-state index in [0.29, 0.717) is 17.9 Å². The number of benzene rings is 1. The van der Waals surface area contributed by atoms with E-state index in [1.54, 1.807) is 18.2 Å². The number of rotatable bonds is 4. The summed E-state index contributed by atoms with van der Waals surface area (Å²) in [5.41, 5.74) is 5.90. The number of hydrogen-bond acceptors (Lipinski definition) is 6. The van der Waals surface area contributed by atoms with Crippen LogP contribution < -0.4 is 5.73 Å². The molecule has 1 aromatic carbocycles. The van der Waals surface area contributed by atoms with Gasteiger partial charge in [0.15, 0.2) is 0 Å². The van der Waals surface area contributed by atoms with Crippen molar-refractivity contribution in [3.05, 3.63) is 40.3 Å². The Labute approximate surface area is 103 Å². The zero-order valence-corrected chi connectivity index (χ0v) is 9.74. The van der Waals surface area contributed by atoms with Gasteiger partial charge in [-0.1, -0.05) is 17.3 Å². The number of aromatic nitrogens is 2. The molecule has 7 nitrogen and oxygen atoms in total. The predicted octanol–water partition coefficient (Wildman–Crippen LogP) is 1.53. The molecule has 0 aliphatic rings. The monoisotopic (exact) mass is 248 g/mol. The lowest BCUT2D eigenvalue weighted by Gasteiger charge is -1.97. The van der Waals surface area contributed by atoms with Crippen molar-refractivity contribution in [2.75, 3.05) is 0 Å². The summed E-state index contributed by atoms with van der Waals surface area (Å²) < 4.78 is 5.00. The summed E-state index contributed by atoms with van der Waals surface area (Å²) in [6.45, 7) is 1.81. The van der Waals surface area contributed by atoms with E-state index >= 15 is 0 Å². The Bertz CT molecular complexity index is 565. The van der Waals surface area contributed by atoms with E-state index in [1.165, 1.54) is 6.07 Å². The third-order valence-electron chi connectivity index (χ3n) is 2.31. The van der Waals surface area contributed by atoms with E-state index in [9.17, 15) is 10.1 Å². The zero-order chi connectivity index (χ0) is 13.1. The van der Waals surface area contributed by atoms with E-state index < -0.39 is 4.92 Å². The molecule has 0 aliphatic carbocycles. The minimum Gasteiger partial charge on any atom is -0.339 e. The van der Waals surface area contributed by atoms with Crippen LogP contribution in [-0.2, 0) is 6.42 Å². The first-order valence-corrected chi connectivity index (χ1v) is 5.40. The maximum atomic E-state index is 10.9. The van der Waals surface area contributed by atoms with Crippen LogP contribution in [0.1, 0.15) is 12.8 Å². The fourth-order valence-electron chi connectivity index (χ4n) is 1.54. The minimum absolute atomic E-state index is 0.0503. The quantitative estimate of drug-likeness (QED) is 0.649. The SMILES string of the molecule is CC(N)Cc1nc(-c2ccccc2[N+](=O)[O-])no1. The zero-order valence-electron chi connectivity index (χ0n) is 9.74. The summed E-state index contributed by atoms with van der Waals surface area (Å²) in [5, 5.41) is 14.6. The van der Waals surface area contributed by atoms with Gasteiger partial charge in [-0.25, -0.2) is 0 Å². The molecular formula is C11H12N4O3. The summed E-state index contributed by atoms with van der Waals surface area (Å²) in [4.78, 5) is 14.5. The van der Waals surface area contributed by atoms with Crippen molar-refractivity contribution >= 4 is 5.69 Å². The number of hydrogen-bond donors (Lipinski definition) is 1. The normalized spacial score (nSPS) is 12.3. The van der Waals surface area contributed by atoms with Crippen LogP contribution in [0.5, 0.6) is 0 Å². The van der Waals surface area contributed by atoms with Crippen LogP contribution in [0.25, 0.3) is 11.4 Å². The number of nitrogens with two attached hydrogens (primary N) is 1.